The zero-order valence-corrected chi connectivity index (χ0v) is 47.1. The number of allylic oxidation sites excluding steroid dienone is 3. The summed E-state index contributed by atoms with van der Waals surface area (Å²) in [7, 11) is 7.79. The number of thiophene rings is 2. The molecular weight excluding hydrogens is 1040 g/mol. The molecule has 2 atom stereocenters. The van der Waals surface area contributed by atoms with Crippen molar-refractivity contribution in [3.05, 3.63) is 127 Å². The second-order valence-electron chi connectivity index (χ2n) is 20.6. The zero-order chi connectivity index (χ0) is 56.1. The van der Waals surface area contributed by atoms with Crippen molar-refractivity contribution in [2.24, 2.45) is 5.92 Å². The van der Waals surface area contributed by atoms with Crippen LogP contribution in [0.5, 0.6) is 11.5 Å². The van der Waals surface area contributed by atoms with Gasteiger partial charge in [0.15, 0.2) is 22.9 Å². The van der Waals surface area contributed by atoms with Gasteiger partial charge in [-0.3, -0.25) is 29.3 Å². The van der Waals surface area contributed by atoms with Crippen molar-refractivity contribution in [2.45, 2.75) is 77.7 Å². The van der Waals surface area contributed by atoms with E-state index < -0.39 is 23.9 Å². The molecule has 3 N–H and O–H groups in total. The molecule has 22 heteroatoms. The smallest absolute Gasteiger partial charge is 0.493 e. The first-order valence-electron chi connectivity index (χ1n) is 26.6. The van der Waals surface area contributed by atoms with Gasteiger partial charge in [-0.15, -0.1) is 22.7 Å². The molecule has 2 unspecified atom stereocenters. The first kappa shape index (κ1) is 59.1. The van der Waals surface area contributed by atoms with Gasteiger partial charge in [-0.2, -0.15) is 0 Å². The average Bonchev–Trinajstić information content (AvgIpc) is 4.45. The van der Waals surface area contributed by atoms with Crippen molar-refractivity contribution in [2.75, 3.05) is 80.8 Å². The quantitative estimate of drug-likeness (QED) is 0.0141. The Bertz CT molecular complexity index is 2950. The Hall–Kier alpha value is -6.59. The molecule has 0 fully saturated rings. The van der Waals surface area contributed by atoms with E-state index in [0.717, 1.165) is 27.9 Å². The predicted molar refractivity (Wildman–Crippen MR) is 302 cm³/mol. The number of rotatable bonds is 32. The lowest BCUT2D eigenvalue weighted by atomic mass is 9.88. The molecule has 0 radical (unpaired) electrons. The lowest BCUT2D eigenvalue weighted by Crippen LogP contribution is -2.50. The number of carbonyl (C=O) groups excluding carboxylic acids is 4. The van der Waals surface area contributed by atoms with Crippen LogP contribution in [0.25, 0.3) is 16.6 Å². The van der Waals surface area contributed by atoms with E-state index in [1.54, 1.807) is 25.1 Å². The number of halogens is 2. The fraction of sp³-hybridized carbons (Fsp3) is 0.446. The van der Waals surface area contributed by atoms with E-state index in [2.05, 4.69) is 43.7 Å². The van der Waals surface area contributed by atoms with Gasteiger partial charge >= 0.3 is 6.97 Å². The minimum Gasteiger partial charge on any atom is -0.493 e. The van der Waals surface area contributed by atoms with E-state index in [1.807, 2.05) is 54.1 Å². The van der Waals surface area contributed by atoms with Crippen LogP contribution in [0.2, 0.25) is 0 Å². The first-order valence-corrected chi connectivity index (χ1v) is 28.4. The third kappa shape index (κ3) is 14.8. The van der Waals surface area contributed by atoms with E-state index >= 15 is 8.63 Å². The first-order chi connectivity index (χ1) is 37.3. The Morgan fingerprint density at radius 3 is 2.35 bits per heavy atom. The molecule has 3 amide bonds. The average molecular weight is 1110 g/mol. The number of nitro groups is 1. The standard InChI is InChI=1S/C56H71BF2N8O9S2/c1-8-40(32-43(68)20-19-42-34-49(53-16-13-31-78-53)65-46(42)36-45-41(14-11-26-67(4,5)6)33-48(52-15-12-30-77-52)64(45)57(65,58)59)56(71)62-22-10-9-17-54(69)61-24-28-76-51-37-47(66(72)73)44(35-50(51)74-7)39(3)60-23-27-75-29-25-63-38(2)18-21-55(63)70/h12-13,15-16,18,21,30-31,33-37,39-40,60H,2,8-11,14,17,19-20,22-29,32H2,1,3-7H3,(H-,61,62,69,71)/p+1. The van der Waals surface area contributed by atoms with Crippen LogP contribution in [-0.4, -0.2) is 140 Å². The Kier molecular flexibility index (Phi) is 20.3. The number of ether oxygens (including phenoxy) is 3. The fourth-order valence-corrected chi connectivity index (χ4v) is 11.4. The zero-order valence-electron chi connectivity index (χ0n) is 45.4. The summed E-state index contributed by atoms with van der Waals surface area (Å²) in [5.74, 6) is -0.872. The lowest BCUT2D eigenvalue weighted by Gasteiger charge is -2.31. The molecule has 6 heterocycles. The Morgan fingerprint density at radius 1 is 0.923 bits per heavy atom. The Labute approximate surface area is 463 Å². The van der Waals surface area contributed by atoms with Crippen molar-refractivity contribution in [1.82, 2.24) is 25.3 Å². The summed E-state index contributed by atoms with van der Waals surface area (Å²) in [4.78, 5) is 66.1. The fourth-order valence-electron chi connectivity index (χ4n) is 9.88. The van der Waals surface area contributed by atoms with Crippen molar-refractivity contribution in [1.29, 1.82) is 0 Å². The molecule has 0 bridgehead atoms. The molecule has 4 aromatic rings. The second-order valence-corrected chi connectivity index (χ2v) is 22.5. The van der Waals surface area contributed by atoms with Crippen molar-refractivity contribution in [3.63, 3.8) is 0 Å². The van der Waals surface area contributed by atoms with Crippen LogP contribution in [0.1, 0.15) is 93.0 Å². The van der Waals surface area contributed by atoms with Gasteiger partial charge in [-0.25, -0.2) is 0 Å². The summed E-state index contributed by atoms with van der Waals surface area (Å²) >= 11 is 2.83. The van der Waals surface area contributed by atoms with E-state index in [1.165, 1.54) is 55.8 Å². The highest BCUT2D eigenvalue weighted by atomic mass is 32.1. The number of aromatic nitrogens is 1. The van der Waals surface area contributed by atoms with Crippen LogP contribution in [0.15, 0.2) is 95.0 Å². The highest BCUT2D eigenvalue weighted by Crippen LogP contribution is 2.43. The second kappa shape index (κ2) is 26.8. The highest BCUT2D eigenvalue weighted by Gasteiger charge is 2.55. The van der Waals surface area contributed by atoms with Gasteiger partial charge in [0.05, 0.1) is 76.0 Å². The molecule has 3 aromatic heterocycles. The molecule has 0 aliphatic carbocycles. The topological polar surface area (TPSA) is 186 Å². The number of hydrogen-bond donors (Lipinski definition) is 3. The monoisotopic (exact) mass is 1110 g/mol. The number of nitrogens with zero attached hydrogens (tertiary/aromatic N) is 5. The number of quaternary nitrogens is 1. The number of nitrogens with one attached hydrogen (secondary N) is 3. The molecule has 17 nitrogen and oxygen atoms in total. The van der Waals surface area contributed by atoms with Gasteiger partial charge in [0.2, 0.25) is 11.8 Å². The maximum atomic E-state index is 17.4. The minimum absolute atomic E-state index is 0.0189. The molecule has 78 heavy (non-hydrogen) atoms. The largest absolute Gasteiger partial charge is 0.737 e. The molecule has 0 spiro atoms. The molecule has 3 aliphatic rings. The van der Waals surface area contributed by atoms with Gasteiger partial charge in [0.1, 0.15) is 12.4 Å². The number of Topliss-reactive ketones (excluding diaryl/α,β-unsaturated/α-hetero) is 1. The number of fused-ring (bicyclic) bond motifs is 2. The van der Waals surface area contributed by atoms with Gasteiger partial charge in [-0.05, 0) is 85.7 Å². The minimum atomic E-state index is -4.34. The summed E-state index contributed by atoms with van der Waals surface area (Å²) in [5, 5.41) is 24.8. The molecule has 0 saturated carbocycles. The van der Waals surface area contributed by atoms with Crippen LogP contribution >= 0.6 is 22.7 Å². The van der Waals surface area contributed by atoms with E-state index in [-0.39, 0.29) is 79.5 Å². The number of hydrogen-bond acceptors (Lipinski definition) is 12. The number of unbranched alkanes of at least 4 members (excludes halogenated alkanes) is 1. The number of nitro benzene ring substituents is 1. The molecule has 1 aromatic carbocycles. The van der Waals surface area contributed by atoms with Crippen LogP contribution in [0.4, 0.5) is 14.3 Å². The van der Waals surface area contributed by atoms with Crippen LogP contribution in [0, 0.1) is 16.0 Å². The van der Waals surface area contributed by atoms with Gasteiger partial charge in [-0.1, -0.05) is 25.6 Å². The molecule has 3 aliphatic heterocycles. The molecular formula is C56H72BF2N8O9S2+. The number of methoxy groups -OCH3 is 1. The van der Waals surface area contributed by atoms with E-state index in [4.69, 9.17) is 14.2 Å². The van der Waals surface area contributed by atoms with Gasteiger partial charge in [0, 0.05) is 103 Å². The van der Waals surface area contributed by atoms with E-state index in [9.17, 15) is 29.3 Å². The molecule has 0 saturated heterocycles. The predicted octanol–water partition coefficient (Wildman–Crippen LogP) is 8.68. The summed E-state index contributed by atoms with van der Waals surface area (Å²) in [6.07, 6.45) is 10.3. The normalized spacial score (nSPS) is 15.5. The van der Waals surface area contributed by atoms with Crippen LogP contribution in [0.3, 0.4) is 0 Å². The van der Waals surface area contributed by atoms with Gasteiger partial charge in [0.25, 0.3) is 11.6 Å². The van der Waals surface area contributed by atoms with Crippen molar-refractivity contribution in [3.8, 4) is 22.1 Å². The summed E-state index contributed by atoms with van der Waals surface area (Å²) < 4.78 is 55.0. The number of benzene rings is 1. The van der Waals surface area contributed by atoms with Crippen LogP contribution in [-0.2, 0) is 30.3 Å². The summed E-state index contributed by atoms with van der Waals surface area (Å²) in [6, 6.07) is 11.8. The van der Waals surface area contributed by atoms with E-state index in [0.29, 0.717) is 103 Å². The highest BCUT2D eigenvalue weighted by molar-refractivity contribution is 7.13. The summed E-state index contributed by atoms with van der Waals surface area (Å²) in [6.45, 7) is 5.85. The lowest BCUT2D eigenvalue weighted by molar-refractivity contribution is -0.870. The summed E-state index contributed by atoms with van der Waals surface area (Å²) in [5.41, 5.74) is 4.18. The Morgan fingerprint density at radius 2 is 1.68 bits per heavy atom. The number of aryl methyl sites for hydroxylation is 1. The molecule has 7 rings (SSSR count). The van der Waals surface area contributed by atoms with Crippen molar-refractivity contribution < 1.29 is 55.9 Å². The van der Waals surface area contributed by atoms with Crippen molar-refractivity contribution >= 4 is 70.6 Å². The SMILES string of the molecule is C=C1C=CC(=O)N1CCOCCNC(C)c1cc(OC)c(OCCNC(=O)CCCCNC(=O)C(CC)CC(=O)CCC2=CC(c3cccs3)=[N+]3C2=Cc2c(CCC[N+](C)(C)C)cc(-c4cccs4)n2[B-]3(F)F)cc1[N+](=O)[O-]. The molecule has 418 valence electrons. The number of carbonyl (C=O) groups is 4. The maximum Gasteiger partial charge on any atom is 0.737 e. The third-order valence-electron chi connectivity index (χ3n) is 14.0. The maximum absolute atomic E-state index is 17.4. The Balaban J connectivity index is 0.844. The van der Waals surface area contributed by atoms with Crippen LogP contribution < -0.4 is 25.4 Å². The van der Waals surface area contributed by atoms with Gasteiger partial charge < -0.3 is 57.1 Å². The number of amides is 3. The third-order valence-corrected chi connectivity index (χ3v) is 15.8. The number of ketones is 1.